The molecular weight excluding hydrogens is 492 g/mol. The average Bonchev–Trinajstić information content (AvgIpc) is 2.84. The van der Waals surface area contributed by atoms with Crippen LogP contribution in [-0.2, 0) is 4.79 Å². The van der Waals surface area contributed by atoms with Crippen molar-refractivity contribution in [2.24, 2.45) is 23.5 Å². The molecule has 1 aromatic rings. The monoisotopic (exact) mass is 532 g/mol. The first kappa shape index (κ1) is 29.5. The Hall–Kier alpha value is -2.05. The van der Waals surface area contributed by atoms with Crippen molar-refractivity contribution in [3.05, 3.63) is 12.1 Å². The van der Waals surface area contributed by atoms with Gasteiger partial charge in [0.1, 0.15) is 12.6 Å². The number of aromatic nitrogens is 2. The van der Waals surface area contributed by atoms with E-state index in [1.807, 2.05) is 9.80 Å². The molecule has 210 valence electrons. The highest BCUT2D eigenvalue weighted by Gasteiger charge is 2.42. The molecule has 12 heteroatoms. The van der Waals surface area contributed by atoms with Gasteiger partial charge in [-0.15, -0.1) is 0 Å². The topological polar surface area (TPSA) is 108 Å². The van der Waals surface area contributed by atoms with Crippen molar-refractivity contribution < 1.29 is 27.5 Å². The summed E-state index contributed by atoms with van der Waals surface area (Å²) in [4.78, 5) is 22.8. The van der Waals surface area contributed by atoms with Gasteiger partial charge in [0.15, 0.2) is 11.6 Å². The van der Waals surface area contributed by atoms with E-state index in [4.69, 9.17) is 0 Å². The van der Waals surface area contributed by atoms with E-state index in [1.165, 1.54) is 13.4 Å². The summed E-state index contributed by atoms with van der Waals surface area (Å²) in [5.41, 5.74) is 4.50. The van der Waals surface area contributed by atoms with Gasteiger partial charge in [0.2, 0.25) is 5.82 Å². The third-order valence-electron chi connectivity index (χ3n) is 7.99. The Labute approximate surface area is 216 Å². The number of aldehydes is 1. The molecule has 2 heterocycles. The lowest BCUT2D eigenvalue weighted by molar-refractivity contribution is -0.183. The third-order valence-corrected chi connectivity index (χ3v) is 7.99. The van der Waals surface area contributed by atoms with Crippen molar-refractivity contribution in [2.75, 3.05) is 50.0 Å². The zero-order valence-corrected chi connectivity index (χ0v) is 21.5. The Morgan fingerprint density at radius 3 is 2.43 bits per heavy atom. The summed E-state index contributed by atoms with van der Waals surface area (Å²) in [6.45, 7) is 2.21. The van der Waals surface area contributed by atoms with Crippen molar-refractivity contribution in [2.45, 2.75) is 69.7 Å². The van der Waals surface area contributed by atoms with Gasteiger partial charge in [0, 0.05) is 31.6 Å². The van der Waals surface area contributed by atoms with Gasteiger partial charge in [-0.05, 0) is 70.9 Å². The van der Waals surface area contributed by atoms with Gasteiger partial charge in [-0.25, -0.2) is 9.97 Å². The molecule has 8 nitrogen and oxygen atoms in total. The Kier molecular flexibility index (Phi) is 10.9. The van der Waals surface area contributed by atoms with Gasteiger partial charge in [-0.3, -0.25) is 4.90 Å². The first-order chi connectivity index (χ1) is 17.8. The van der Waals surface area contributed by atoms with Crippen molar-refractivity contribution in [1.29, 1.82) is 0 Å². The highest BCUT2D eigenvalue weighted by atomic mass is 19.4. The number of carbonyl (C=O) groups excluding carboxylic acids is 1. The zero-order chi connectivity index (χ0) is 27.0. The molecule has 3 aliphatic rings. The Morgan fingerprint density at radius 1 is 1.16 bits per heavy atom. The zero-order valence-electron chi connectivity index (χ0n) is 21.5. The number of hydrogen-bond donors (Lipinski definition) is 3. The van der Waals surface area contributed by atoms with E-state index in [0.717, 1.165) is 25.5 Å². The maximum Gasteiger partial charge on any atom is 0.391 e. The predicted octanol–water partition coefficient (Wildman–Crippen LogP) is 3.21. The van der Waals surface area contributed by atoms with Crippen LogP contribution in [0.1, 0.15) is 51.4 Å². The number of alkyl halides is 3. The quantitative estimate of drug-likeness (QED) is 0.329. The van der Waals surface area contributed by atoms with E-state index in [-0.39, 0.29) is 48.9 Å². The van der Waals surface area contributed by atoms with Crippen LogP contribution < -0.4 is 16.0 Å². The number of nitrogens with zero attached hydrogens (tertiary/aromatic N) is 4. The molecule has 0 amide bonds. The third kappa shape index (κ3) is 7.73. The first-order valence-electron chi connectivity index (χ1n) is 13.3. The van der Waals surface area contributed by atoms with Crippen LogP contribution in [0.25, 0.3) is 0 Å². The number of anilines is 2. The number of rotatable bonds is 9. The molecule has 1 saturated heterocycles. The van der Waals surface area contributed by atoms with E-state index < -0.39 is 24.0 Å². The first-order valence-corrected chi connectivity index (χ1v) is 13.3. The molecule has 0 aromatic carbocycles. The van der Waals surface area contributed by atoms with Gasteiger partial charge >= 0.3 is 6.18 Å². The normalized spacial score (nSPS) is 27.0. The van der Waals surface area contributed by atoms with Gasteiger partial charge < -0.3 is 25.9 Å². The van der Waals surface area contributed by atoms with Crippen molar-refractivity contribution in [1.82, 2.24) is 14.9 Å². The minimum Gasteiger partial charge on any atom is -0.391 e. The van der Waals surface area contributed by atoms with Crippen LogP contribution in [0.5, 0.6) is 0 Å². The van der Waals surface area contributed by atoms with Crippen LogP contribution in [0.2, 0.25) is 0 Å². The highest BCUT2D eigenvalue weighted by molar-refractivity contribution is 5.52. The molecule has 1 aliphatic heterocycles. The summed E-state index contributed by atoms with van der Waals surface area (Å²) in [5.74, 6) is -1.54. The summed E-state index contributed by atoms with van der Waals surface area (Å²) >= 11 is 0. The lowest BCUT2D eigenvalue weighted by Gasteiger charge is -2.42. The second-order valence-electron chi connectivity index (χ2n) is 10.3. The Bertz CT molecular complexity index is 849. The fourth-order valence-corrected chi connectivity index (χ4v) is 5.52. The number of hydrogen-bond acceptors (Lipinski definition) is 8. The van der Waals surface area contributed by atoms with Crippen LogP contribution in [0.15, 0.2) is 6.33 Å². The summed E-state index contributed by atoms with van der Waals surface area (Å²) in [6, 6.07) is 0.136. The number of aliphatic hydroxyl groups excluding tert-OH is 1. The van der Waals surface area contributed by atoms with Gasteiger partial charge in [-0.1, -0.05) is 0 Å². The van der Waals surface area contributed by atoms with Crippen molar-refractivity contribution in [3.63, 3.8) is 0 Å². The average molecular weight is 533 g/mol. The summed E-state index contributed by atoms with van der Waals surface area (Å²) < 4.78 is 54.7. The van der Waals surface area contributed by atoms with Crippen molar-refractivity contribution >= 4 is 17.9 Å². The summed E-state index contributed by atoms with van der Waals surface area (Å²) in [6.07, 6.45) is 2.12. The maximum atomic E-state index is 15.5. The molecule has 37 heavy (non-hydrogen) atoms. The van der Waals surface area contributed by atoms with Crippen LogP contribution in [-0.4, -0.2) is 84.4 Å². The number of nitrogens with one attached hydrogen (secondary N) is 1. The van der Waals surface area contributed by atoms with Crippen molar-refractivity contribution in [3.8, 4) is 0 Å². The molecule has 4 rings (SSSR count). The molecule has 0 spiro atoms. The SMILES string of the molecule is CN.O=CCN1CCC(CNc2ncnc(N(CC3CCC(C(F)(F)F)CC3)C3CCC3)c2F)C(O)C1. The molecule has 2 aliphatic carbocycles. The molecule has 2 unspecified atom stereocenters. The minimum absolute atomic E-state index is 0.0719. The molecule has 1 aromatic heterocycles. The number of likely N-dealkylation sites (tertiary alicyclic amines) is 1. The molecule has 3 fully saturated rings. The lowest BCUT2D eigenvalue weighted by atomic mass is 9.80. The summed E-state index contributed by atoms with van der Waals surface area (Å²) in [5, 5.41) is 13.4. The van der Waals surface area contributed by atoms with E-state index in [9.17, 15) is 23.1 Å². The second-order valence-corrected chi connectivity index (χ2v) is 10.3. The largest absolute Gasteiger partial charge is 0.391 e. The van der Waals surface area contributed by atoms with E-state index in [1.54, 1.807) is 0 Å². The number of nitrogens with two attached hydrogens (primary N) is 1. The Morgan fingerprint density at radius 2 is 1.86 bits per heavy atom. The number of β-amino-alcohol motifs (C(OH)–C–C–N with tert-alkyl or cyclic N) is 1. The molecule has 0 bridgehead atoms. The summed E-state index contributed by atoms with van der Waals surface area (Å²) in [7, 11) is 1.50. The molecule has 0 radical (unpaired) electrons. The van der Waals surface area contributed by atoms with Gasteiger partial charge in [-0.2, -0.15) is 17.6 Å². The Balaban J connectivity index is 0.00000186. The van der Waals surface area contributed by atoms with E-state index in [0.29, 0.717) is 45.4 Å². The van der Waals surface area contributed by atoms with Crippen LogP contribution in [0.4, 0.5) is 29.2 Å². The number of piperidine rings is 1. The molecular formula is C25H40F4N6O2. The minimum atomic E-state index is -4.14. The lowest BCUT2D eigenvalue weighted by Crippen LogP contribution is -2.46. The highest BCUT2D eigenvalue weighted by Crippen LogP contribution is 2.41. The fourth-order valence-electron chi connectivity index (χ4n) is 5.52. The van der Waals surface area contributed by atoms with E-state index >= 15 is 4.39 Å². The van der Waals surface area contributed by atoms with Crippen LogP contribution in [0, 0.1) is 23.6 Å². The number of carbonyl (C=O) groups is 1. The molecule has 2 atom stereocenters. The standard InChI is InChI=1S/C24H35F4N5O2.CH5N/c25-21-22(29-12-17-8-9-32(10-11-34)14-20(17)35)30-15-31-23(21)33(19-2-1-3-19)13-16-4-6-18(7-5-16)24(26,27)28;1-2/h11,15-20,35H,1-10,12-14H2,(H,29,30,31);2H2,1H3. The van der Waals surface area contributed by atoms with Crippen LogP contribution >= 0.6 is 0 Å². The molecule has 4 N–H and O–H groups in total. The maximum absolute atomic E-state index is 15.5. The van der Waals surface area contributed by atoms with Gasteiger partial charge in [0.05, 0.1) is 18.6 Å². The second kappa shape index (κ2) is 13.7. The number of halogens is 4. The molecule has 2 saturated carbocycles. The van der Waals surface area contributed by atoms with E-state index in [2.05, 4.69) is 21.0 Å². The van der Waals surface area contributed by atoms with Crippen LogP contribution in [0.3, 0.4) is 0 Å². The van der Waals surface area contributed by atoms with Gasteiger partial charge in [0.25, 0.3) is 0 Å². The fraction of sp³-hybridized carbons (Fsp3) is 0.800. The smallest absolute Gasteiger partial charge is 0.391 e. The predicted molar refractivity (Wildman–Crippen MR) is 134 cm³/mol. The number of aliphatic hydroxyl groups is 1.